The van der Waals surface area contributed by atoms with E-state index in [1.54, 1.807) is 6.07 Å². The SMILES string of the molecule is OCCOCCOCCOc1ccc2ccccc2c1O[C@@H]1[C@@H](O)[C@@H](O)[C@@H](CO)O[C@H]1O. The summed E-state index contributed by atoms with van der Waals surface area (Å²) >= 11 is 0. The molecule has 1 heterocycles. The van der Waals surface area contributed by atoms with Crippen molar-refractivity contribution in [1.29, 1.82) is 0 Å². The van der Waals surface area contributed by atoms with Crippen molar-refractivity contribution in [2.75, 3.05) is 46.2 Å². The van der Waals surface area contributed by atoms with Gasteiger partial charge in [-0.25, -0.2) is 0 Å². The van der Waals surface area contributed by atoms with E-state index in [-0.39, 0.29) is 32.2 Å². The molecule has 1 fully saturated rings. The fourth-order valence-corrected chi connectivity index (χ4v) is 3.39. The van der Waals surface area contributed by atoms with Crippen LogP contribution >= 0.6 is 0 Å². The minimum atomic E-state index is -1.57. The zero-order valence-corrected chi connectivity index (χ0v) is 17.6. The maximum Gasteiger partial charge on any atom is 0.195 e. The van der Waals surface area contributed by atoms with Crippen molar-refractivity contribution in [2.24, 2.45) is 0 Å². The van der Waals surface area contributed by atoms with Gasteiger partial charge < -0.3 is 49.2 Å². The number of aliphatic hydroxyl groups is 5. The average Bonchev–Trinajstić information content (AvgIpc) is 2.81. The Bertz CT molecular complexity index is 831. The number of ether oxygens (including phenoxy) is 5. The third-order valence-electron chi connectivity index (χ3n) is 5.03. The number of benzene rings is 2. The molecule has 1 aliphatic rings. The Morgan fingerprint density at radius 3 is 2.28 bits per heavy atom. The van der Waals surface area contributed by atoms with Crippen LogP contribution in [0, 0.1) is 0 Å². The summed E-state index contributed by atoms with van der Waals surface area (Å²) < 4.78 is 27.5. The molecule has 5 atom stereocenters. The lowest BCUT2D eigenvalue weighted by molar-refractivity contribution is -0.280. The molecular weight excluding hydrogens is 424 g/mol. The predicted molar refractivity (Wildman–Crippen MR) is 113 cm³/mol. The largest absolute Gasteiger partial charge is 0.487 e. The Morgan fingerprint density at radius 1 is 0.812 bits per heavy atom. The van der Waals surface area contributed by atoms with E-state index in [2.05, 4.69) is 0 Å². The van der Waals surface area contributed by atoms with E-state index in [1.807, 2.05) is 30.3 Å². The second-order valence-corrected chi connectivity index (χ2v) is 7.22. The van der Waals surface area contributed by atoms with Crippen molar-refractivity contribution in [2.45, 2.75) is 30.7 Å². The first-order valence-electron chi connectivity index (χ1n) is 10.4. The highest BCUT2D eigenvalue weighted by Gasteiger charge is 2.45. The summed E-state index contributed by atoms with van der Waals surface area (Å²) in [6, 6.07) is 10.9. The van der Waals surface area contributed by atoms with Gasteiger partial charge in [0.15, 0.2) is 23.9 Å². The monoisotopic (exact) mass is 454 g/mol. The second kappa shape index (κ2) is 12.3. The molecule has 0 aliphatic carbocycles. The summed E-state index contributed by atoms with van der Waals surface area (Å²) in [5.41, 5.74) is 0. The van der Waals surface area contributed by atoms with E-state index >= 15 is 0 Å². The van der Waals surface area contributed by atoms with Crippen LogP contribution in [0.3, 0.4) is 0 Å². The van der Waals surface area contributed by atoms with Crippen LogP contribution in [-0.2, 0) is 14.2 Å². The summed E-state index contributed by atoms with van der Waals surface area (Å²) in [5, 5.41) is 50.4. The Hall–Kier alpha value is -2.02. The van der Waals surface area contributed by atoms with Gasteiger partial charge in [-0.05, 0) is 11.5 Å². The molecule has 1 aliphatic heterocycles. The van der Waals surface area contributed by atoms with Crippen LogP contribution in [0.2, 0.25) is 0 Å². The van der Waals surface area contributed by atoms with Gasteiger partial charge in [0.05, 0.1) is 39.6 Å². The molecule has 0 spiro atoms. The number of hydrogen-bond acceptors (Lipinski definition) is 10. The highest BCUT2D eigenvalue weighted by Crippen LogP contribution is 2.38. The maximum absolute atomic E-state index is 10.5. The molecule has 0 radical (unpaired) electrons. The number of hydrogen-bond donors (Lipinski definition) is 5. The fourth-order valence-electron chi connectivity index (χ4n) is 3.39. The highest BCUT2D eigenvalue weighted by atomic mass is 16.7. The third kappa shape index (κ3) is 6.06. The minimum Gasteiger partial charge on any atom is -0.487 e. The lowest BCUT2D eigenvalue weighted by Crippen LogP contribution is -2.60. The van der Waals surface area contributed by atoms with Crippen molar-refractivity contribution < 1.29 is 49.2 Å². The smallest absolute Gasteiger partial charge is 0.195 e. The summed E-state index contributed by atoms with van der Waals surface area (Å²) in [7, 11) is 0. The van der Waals surface area contributed by atoms with Crippen molar-refractivity contribution in [3.8, 4) is 11.5 Å². The molecule has 5 N–H and O–H groups in total. The van der Waals surface area contributed by atoms with Crippen LogP contribution in [0.4, 0.5) is 0 Å². The Kier molecular flexibility index (Phi) is 9.45. The molecule has 10 heteroatoms. The van der Waals surface area contributed by atoms with Crippen molar-refractivity contribution in [3.63, 3.8) is 0 Å². The molecule has 32 heavy (non-hydrogen) atoms. The molecule has 0 amide bonds. The molecular formula is C22H30O10. The zero-order valence-electron chi connectivity index (χ0n) is 17.6. The minimum absolute atomic E-state index is 0.0407. The van der Waals surface area contributed by atoms with E-state index in [4.69, 9.17) is 28.8 Å². The normalized spacial score (nSPS) is 25.7. The Balaban J connectivity index is 1.70. The van der Waals surface area contributed by atoms with Gasteiger partial charge in [-0.15, -0.1) is 0 Å². The predicted octanol–water partition coefficient (Wildman–Crippen LogP) is -0.577. The van der Waals surface area contributed by atoms with Gasteiger partial charge in [-0.2, -0.15) is 0 Å². The molecule has 0 saturated carbocycles. The molecule has 3 rings (SSSR count). The van der Waals surface area contributed by atoms with E-state index in [0.717, 1.165) is 5.39 Å². The highest BCUT2D eigenvalue weighted by molar-refractivity contribution is 5.90. The number of fused-ring (bicyclic) bond motifs is 1. The summed E-state index contributed by atoms with van der Waals surface area (Å²) in [4.78, 5) is 0. The van der Waals surface area contributed by atoms with Crippen LogP contribution in [0.1, 0.15) is 0 Å². The first kappa shape index (κ1) is 24.6. The van der Waals surface area contributed by atoms with E-state index in [0.29, 0.717) is 24.3 Å². The van der Waals surface area contributed by atoms with E-state index in [9.17, 15) is 20.4 Å². The van der Waals surface area contributed by atoms with Crippen molar-refractivity contribution in [3.05, 3.63) is 36.4 Å². The van der Waals surface area contributed by atoms with Gasteiger partial charge in [0, 0.05) is 5.39 Å². The van der Waals surface area contributed by atoms with Crippen molar-refractivity contribution >= 4 is 10.8 Å². The van der Waals surface area contributed by atoms with Crippen molar-refractivity contribution in [1.82, 2.24) is 0 Å². The van der Waals surface area contributed by atoms with E-state index < -0.39 is 37.3 Å². The van der Waals surface area contributed by atoms with Gasteiger partial charge in [-0.3, -0.25) is 0 Å². The lowest BCUT2D eigenvalue weighted by atomic mass is 9.99. The fraction of sp³-hybridized carbons (Fsp3) is 0.545. The molecule has 0 aromatic heterocycles. The van der Waals surface area contributed by atoms with Gasteiger partial charge in [0.2, 0.25) is 0 Å². The van der Waals surface area contributed by atoms with Gasteiger partial charge in [-0.1, -0.05) is 30.3 Å². The quantitative estimate of drug-likeness (QED) is 0.264. The number of rotatable bonds is 12. The van der Waals surface area contributed by atoms with E-state index in [1.165, 1.54) is 0 Å². The van der Waals surface area contributed by atoms with Crippen LogP contribution in [0.25, 0.3) is 10.8 Å². The average molecular weight is 454 g/mol. The first-order chi connectivity index (χ1) is 15.6. The molecule has 0 bridgehead atoms. The van der Waals surface area contributed by atoms with Crippen LogP contribution in [-0.4, -0.2) is 102 Å². The van der Waals surface area contributed by atoms with Crippen LogP contribution in [0.15, 0.2) is 36.4 Å². The summed E-state index contributed by atoms with van der Waals surface area (Å²) in [6.07, 6.45) is -6.93. The zero-order chi connectivity index (χ0) is 22.9. The third-order valence-corrected chi connectivity index (χ3v) is 5.03. The molecule has 1 saturated heterocycles. The molecule has 2 aromatic rings. The molecule has 2 aromatic carbocycles. The van der Waals surface area contributed by atoms with Crippen LogP contribution < -0.4 is 9.47 Å². The standard InChI is InChI=1S/C22H30O10/c23-7-8-28-9-10-29-11-12-30-16-6-5-14-3-1-2-4-15(14)20(16)32-21-19(26)18(25)17(13-24)31-22(21)27/h1-6,17-19,21-27H,7-13H2/t17-,18+,19+,21-,22-/m1/s1. The lowest BCUT2D eigenvalue weighted by Gasteiger charge is -2.40. The topological polar surface area (TPSA) is 147 Å². The van der Waals surface area contributed by atoms with Gasteiger partial charge in [0.25, 0.3) is 0 Å². The molecule has 0 unspecified atom stereocenters. The first-order valence-corrected chi connectivity index (χ1v) is 10.4. The van der Waals surface area contributed by atoms with Gasteiger partial charge in [0.1, 0.15) is 24.9 Å². The maximum atomic E-state index is 10.5. The summed E-state index contributed by atoms with van der Waals surface area (Å²) in [5.74, 6) is 0.637. The van der Waals surface area contributed by atoms with Crippen LogP contribution in [0.5, 0.6) is 11.5 Å². The second-order valence-electron chi connectivity index (χ2n) is 7.22. The Labute approximate surface area is 185 Å². The summed E-state index contributed by atoms with van der Waals surface area (Å²) in [6.45, 7) is 0.857. The number of aliphatic hydroxyl groups excluding tert-OH is 5. The molecule has 10 nitrogen and oxygen atoms in total. The Morgan fingerprint density at radius 2 is 1.53 bits per heavy atom. The molecule has 178 valence electrons. The van der Waals surface area contributed by atoms with Gasteiger partial charge >= 0.3 is 0 Å².